The fourth-order valence-electron chi connectivity index (χ4n) is 3.19. The number of nitrogens with zero attached hydrogens (tertiary/aromatic N) is 2. The lowest BCUT2D eigenvalue weighted by Gasteiger charge is -2.22. The molecule has 0 aliphatic heterocycles. The van der Waals surface area contributed by atoms with Gasteiger partial charge in [-0.05, 0) is 54.8 Å². The average Bonchev–Trinajstić information content (AvgIpc) is 2.82. The highest BCUT2D eigenvalue weighted by atomic mass is 16.5. The number of hydrogen-bond donors (Lipinski definition) is 0. The van der Waals surface area contributed by atoms with Crippen LogP contribution >= 0.6 is 0 Å². The molecule has 1 heterocycles. The first kappa shape index (κ1) is 22.1. The maximum absolute atomic E-state index is 13.2. The molecule has 0 spiro atoms. The van der Waals surface area contributed by atoms with Crippen molar-refractivity contribution >= 4 is 5.91 Å². The Morgan fingerprint density at radius 2 is 1.77 bits per heavy atom. The van der Waals surface area contributed by atoms with Crippen molar-refractivity contribution in [1.82, 2.24) is 9.88 Å². The third-order valence-corrected chi connectivity index (χ3v) is 4.78. The molecule has 0 bridgehead atoms. The van der Waals surface area contributed by atoms with E-state index in [0.29, 0.717) is 43.4 Å². The van der Waals surface area contributed by atoms with Gasteiger partial charge in [0.2, 0.25) is 0 Å². The Bertz CT molecular complexity index is 974. The lowest BCUT2D eigenvalue weighted by atomic mass is 10.1. The number of amides is 1. The highest BCUT2D eigenvalue weighted by molar-refractivity contribution is 5.95. The monoisotopic (exact) mass is 416 g/mol. The first-order valence-electron chi connectivity index (χ1n) is 10.4. The molecule has 0 N–H and O–H groups in total. The van der Waals surface area contributed by atoms with Crippen LogP contribution in [0, 0.1) is 0 Å². The van der Waals surface area contributed by atoms with Crippen LogP contribution in [0.4, 0.5) is 0 Å². The molecule has 3 aromatic rings. The summed E-state index contributed by atoms with van der Waals surface area (Å²) in [5, 5.41) is 0. The van der Waals surface area contributed by atoms with E-state index in [4.69, 9.17) is 9.47 Å². The molecule has 160 valence electrons. The van der Waals surface area contributed by atoms with Gasteiger partial charge in [0.15, 0.2) is 11.5 Å². The Morgan fingerprint density at radius 3 is 2.48 bits per heavy atom. The highest BCUT2D eigenvalue weighted by Crippen LogP contribution is 2.30. The number of carbonyl (C=O) groups excluding carboxylic acids is 1. The predicted molar refractivity (Wildman–Crippen MR) is 122 cm³/mol. The zero-order valence-corrected chi connectivity index (χ0v) is 17.9. The van der Waals surface area contributed by atoms with Crippen LogP contribution < -0.4 is 9.47 Å². The van der Waals surface area contributed by atoms with Crippen LogP contribution in [0.15, 0.2) is 85.7 Å². The minimum atomic E-state index is -0.0579. The summed E-state index contributed by atoms with van der Waals surface area (Å²) in [7, 11) is 0. The molecule has 0 aliphatic carbocycles. The maximum Gasteiger partial charge on any atom is 0.254 e. The Morgan fingerprint density at radius 1 is 1.00 bits per heavy atom. The van der Waals surface area contributed by atoms with Crippen LogP contribution in [0.2, 0.25) is 0 Å². The van der Waals surface area contributed by atoms with Crippen molar-refractivity contribution in [2.75, 3.05) is 19.7 Å². The van der Waals surface area contributed by atoms with Crippen LogP contribution in [0.1, 0.15) is 28.4 Å². The molecule has 0 saturated heterocycles. The van der Waals surface area contributed by atoms with Crippen molar-refractivity contribution in [3.63, 3.8) is 0 Å². The second-order valence-corrected chi connectivity index (χ2v) is 7.01. The predicted octanol–water partition coefficient (Wildman–Crippen LogP) is 4.93. The van der Waals surface area contributed by atoms with Crippen LogP contribution in [0.5, 0.6) is 11.5 Å². The SMILES string of the molecule is C=CCN(CCc1ccccc1)C(=O)c1ccc(OCc2ccncc2)c(OCC)c1. The normalized spacial score (nSPS) is 10.4. The van der Waals surface area contributed by atoms with Crippen molar-refractivity contribution in [3.8, 4) is 11.5 Å². The van der Waals surface area contributed by atoms with Crippen molar-refractivity contribution in [2.45, 2.75) is 20.0 Å². The highest BCUT2D eigenvalue weighted by Gasteiger charge is 2.17. The minimum Gasteiger partial charge on any atom is -0.490 e. The Balaban J connectivity index is 1.73. The molecule has 0 radical (unpaired) electrons. The van der Waals surface area contributed by atoms with Gasteiger partial charge in [-0.1, -0.05) is 36.4 Å². The Labute approximate surface area is 184 Å². The van der Waals surface area contributed by atoms with E-state index in [1.807, 2.05) is 37.3 Å². The number of aromatic nitrogens is 1. The van der Waals surface area contributed by atoms with E-state index in [9.17, 15) is 4.79 Å². The molecule has 2 aromatic carbocycles. The number of benzene rings is 2. The van der Waals surface area contributed by atoms with E-state index in [1.54, 1.807) is 41.6 Å². The largest absolute Gasteiger partial charge is 0.490 e. The van der Waals surface area contributed by atoms with Crippen LogP contribution in [0.25, 0.3) is 0 Å². The fourth-order valence-corrected chi connectivity index (χ4v) is 3.19. The third-order valence-electron chi connectivity index (χ3n) is 4.78. The van der Waals surface area contributed by atoms with Gasteiger partial charge >= 0.3 is 0 Å². The lowest BCUT2D eigenvalue weighted by Crippen LogP contribution is -2.33. The molecule has 31 heavy (non-hydrogen) atoms. The molecule has 1 aromatic heterocycles. The van der Waals surface area contributed by atoms with Gasteiger partial charge < -0.3 is 14.4 Å². The molecule has 0 atom stereocenters. The molecular weight excluding hydrogens is 388 g/mol. The molecule has 5 nitrogen and oxygen atoms in total. The average molecular weight is 417 g/mol. The Kier molecular flexibility index (Phi) is 8.23. The summed E-state index contributed by atoms with van der Waals surface area (Å²) in [6.45, 7) is 7.68. The van der Waals surface area contributed by atoms with E-state index in [-0.39, 0.29) is 5.91 Å². The summed E-state index contributed by atoms with van der Waals surface area (Å²) in [6.07, 6.45) is 5.99. The van der Waals surface area contributed by atoms with Crippen LogP contribution in [-0.4, -0.2) is 35.5 Å². The molecule has 0 saturated carbocycles. The van der Waals surface area contributed by atoms with Gasteiger partial charge in [-0.25, -0.2) is 0 Å². The van der Waals surface area contributed by atoms with Gasteiger partial charge in [-0.15, -0.1) is 6.58 Å². The third kappa shape index (κ3) is 6.44. The van der Waals surface area contributed by atoms with Crippen LogP contribution in [-0.2, 0) is 13.0 Å². The van der Waals surface area contributed by atoms with Crippen molar-refractivity contribution < 1.29 is 14.3 Å². The quantitative estimate of drug-likeness (QED) is 0.416. The molecule has 5 heteroatoms. The lowest BCUT2D eigenvalue weighted by molar-refractivity contribution is 0.0775. The second kappa shape index (κ2) is 11.6. The van der Waals surface area contributed by atoms with Gasteiger partial charge in [-0.2, -0.15) is 0 Å². The topological polar surface area (TPSA) is 51.7 Å². The second-order valence-electron chi connectivity index (χ2n) is 7.01. The maximum atomic E-state index is 13.2. The van der Waals surface area contributed by atoms with Crippen LogP contribution in [0.3, 0.4) is 0 Å². The van der Waals surface area contributed by atoms with E-state index in [2.05, 4.69) is 23.7 Å². The van der Waals surface area contributed by atoms with E-state index in [1.165, 1.54) is 5.56 Å². The number of pyridine rings is 1. The van der Waals surface area contributed by atoms with E-state index >= 15 is 0 Å². The first-order valence-corrected chi connectivity index (χ1v) is 10.4. The van der Waals surface area contributed by atoms with Crippen molar-refractivity contribution in [2.24, 2.45) is 0 Å². The summed E-state index contributed by atoms with van der Waals surface area (Å²) in [4.78, 5) is 19.0. The summed E-state index contributed by atoms with van der Waals surface area (Å²) in [5.74, 6) is 1.11. The van der Waals surface area contributed by atoms with Gasteiger partial charge in [0.05, 0.1) is 6.61 Å². The molecular formula is C26H28N2O3. The summed E-state index contributed by atoms with van der Waals surface area (Å²) in [6, 6.07) is 19.3. The van der Waals surface area contributed by atoms with Crippen molar-refractivity contribution in [1.29, 1.82) is 0 Å². The molecule has 3 rings (SSSR count). The number of carbonyl (C=O) groups is 1. The van der Waals surface area contributed by atoms with Gasteiger partial charge in [-0.3, -0.25) is 9.78 Å². The molecule has 0 unspecified atom stereocenters. The van der Waals surface area contributed by atoms with Gasteiger partial charge in [0.25, 0.3) is 5.91 Å². The summed E-state index contributed by atoms with van der Waals surface area (Å²) in [5.41, 5.74) is 2.77. The Hall–Kier alpha value is -3.60. The summed E-state index contributed by atoms with van der Waals surface area (Å²) >= 11 is 0. The van der Waals surface area contributed by atoms with Gasteiger partial charge in [0, 0.05) is 31.0 Å². The number of hydrogen-bond acceptors (Lipinski definition) is 4. The van der Waals surface area contributed by atoms with E-state index in [0.717, 1.165) is 12.0 Å². The summed E-state index contributed by atoms with van der Waals surface area (Å²) < 4.78 is 11.7. The van der Waals surface area contributed by atoms with Gasteiger partial charge in [0.1, 0.15) is 6.61 Å². The zero-order chi connectivity index (χ0) is 21.9. The number of rotatable bonds is 11. The van der Waals surface area contributed by atoms with Crippen molar-refractivity contribution in [3.05, 3.63) is 102 Å². The minimum absolute atomic E-state index is 0.0579. The van der Waals surface area contributed by atoms with E-state index < -0.39 is 0 Å². The zero-order valence-electron chi connectivity index (χ0n) is 17.9. The number of ether oxygens (including phenoxy) is 2. The fraction of sp³-hybridized carbons (Fsp3) is 0.231. The standard InChI is InChI=1S/C26H28N2O3/c1-3-17-28(18-14-21-8-6-5-7-9-21)26(29)23-10-11-24(25(19-23)30-4-2)31-20-22-12-15-27-16-13-22/h3,5-13,15-16,19H,1,4,14,17-18,20H2,2H3. The first-order chi connectivity index (χ1) is 15.2. The molecule has 0 fully saturated rings. The molecule has 1 amide bonds. The smallest absolute Gasteiger partial charge is 0.254 e. The molecule has 0 aliphatic rings.